The molecule has 1 aromatic carbocycles. The average molecular weight is 762 g/mol. The first-order chi connectivity index (χ1) is 25.3. The summed E-state index contributed by atoms with van der Waals surface area (Å²) in [7, 11) is 6.02. The van der Waals surface area contributed by atoms with E-state index >= 15 is 0 Å². The third-order valence-electron chi connectivity index (χ3n) is 11.1. The molecule has 2 rings (SSSR count). The van der Waals surface area contributed by atoms with Gasteiger partial charge >= 0.3 is 6.09 Å². The first-order valence-electron chi connectivity index (χ1n) is 19.2. The lowest BCUT2D eigenvalue weighted by Crippen LogP contribution is -2.60. The van der Waals surface area contributed by atoms with E-state index in [0.29, 0.717) is 24.9 Å². The second-order valence-corrected chi connectivity index (χ2v) is 15.6. The number of nitrogens with one attached hydrogen (secondary N) is 2. The number of methoxy groups -OCH3 is 2. The number of carbonyl (C=O) groups excluding carboxylic acids is 4. The van der Waals surface area contributed by atoms with Crippen molar-refractivity contribution in [3.63, 3.8) is 0 Å². The van der Waals surface area contributed by atoms with Gasteiger partial charge in [0.15, 0.2) is 0 Å². The Morgan fingerprint density at radius 1 is 0.889 bits per heavy atom. The molecule has 5 amide bonds. The number of benzene rings is 1. The number of likely N-dealkylation sites (tertiary alicyclic amines) is 1. The maximum Gasteiger partial charge on any atom is 0.407 e. The molecular formula is C40H67N5O9. The molecule has 306 valence electrons. The van der Waals surface area contributed by atoms with Crippen molar-refractivity contribution in [1.29, 1.82) is 0 Å². The van der Waals surface area contributed by atoms with Crippen molar-refractivity contribution in [3.05, 3.63) is 35.9 Å². The minimum Gasteiger partial charge on any atom is -0.465 e. The van der Waals surface area contributed by atoms with Crippen LogP contribution in [0.3, 0.4) is 0 Å². The molecule has 1 aromatic rings. The lowest BCUT2D eigenvalue weighted by atomic mass is 9.89. The van der Waals surface area contributed by atoms with Crippen LogP contribution in [0, 0.1) is 23.7 Å². The fourth-order valence-electron chi connectivity index (χ4n) is 7.70. The third-order valence-corrected chi connectivity index (χ3v) is 11.1. The summed E-state index contributed by atoms with van der Waals surface area (Å²) in [5, 5.41) is 26.2. The van der Waals surface area contributed by atoms with Gasteiger partial charge in [-0.25, -0.2) is 4.79 Å². The number of aliphatic hydroxyl groups excluding tert-OH is 1. The monoisotopic (exact) mass is 761 g/mol. The molecular weight excluding hydrogens is 694 g/mol. The van der Waals surface area contributed by atoms with Crippen molar-refractivity contribution in [2.45, 2.75) is 130 Å². The third kappa shape index (κ3) is 11.6. The quantitative estimate of drug-likeness (QED) is 0.153. The van der Waals surface area contributed by atoms with Crippen molar-refractivity contribution < 1.29 is 43.7 Å². The zero-order valence-corrected chi connectivity index (χ0v) is 34.4. The molecule has 1 aliphatic rings. The number of likely N-dealkylation sites (N-methyl/N-ethyl adjacent to an activating group) is 2. The molecule has 0 aromatic heterocycles. The van der Waals surface area contributed by atoms with Crippen molar-refractivity contribution in [2.24, 2.45) is 23.7 Å². The minimum absolute atomic E-state index is 0.0333. The summed E-state index contributed by atoms with van der Waals surface area (Å²) in [4.78, 5) is 71.3. The van der Waals surface area contributed by atoms with E-state index in [4.69, 9.17) is 9.47 Å². The van der Waals surface area contributed by atoms with Gasteiger partial charge < -0.3 is 40.1 Å². The molecule has 0 aliphatic carbocycles. The van der Waals surface area contributed by atoms with Crippen LogP contribution >= 0.6 is 0 Å². The van der Waals surface area contributed by atoms with Crippen LogP contribution in [0.4, 0.5) is 4.79 Å². The predicted molar refractivity (Wildman–Crippen MR) is 206 cm³/mol. The van der Waals surface area contributed by atoms with E-state index in [2.05, 4.69) is 10.6 Å². The fourth-order valence-corrected chi connectivity index (χ4v) is 7.70. The van der Waals surface area contributed by atoms with Gasteiger partial charge in [-0.05, 0) is 43.1 Å². The van der Waals surface area contributed by atoms with Gasteiger partial charge in [-0.3, -0.25) is 24.1 Å². The fraction of sp³-hybridized carbons (Fsp3) is 0.725. The largest absolute Gasteiger partial charge is 0.465 e. The highest BCUT2D eigenvalue weighted by molar-refractivity contribution is 5.91. The van der Waals surface area contributed by atoms with Crippen molar-refractivity contribution in [1.82, 2.24) is 25.3 Å². The smallest absolute Gasteiger partial charge is 0.407 e. The second kappa shape index (κ2) is 21.4. The Labute approximate surface area is 322 Å². The number of hydrogen-bond acceptors (Lipinski definition) is 8. The molecule has 1 aliphatic heterocycles. The van der Waals surface area contributed by atoms with E-state index < -0.39 is 60.4 Å². The maximum atomic E-state index is 14.2. The lowest BCUT2D eigenvalue weighted by molar-refractivity contribution is -0.148. The highest BCUT2D eigenvalue weighted by atomic mass is 16.5. The molecule has 1 fully saturated rings. The normalized spacial score (nSPS) is 19.5. The standard InChI is InChI=1S/C40H67N5O9/c1-13-25(6)34(43(9)39(50)32(23(2)3)42-38(49)33(24(4)5)44(10)40(51)52)30(53-11)22-31(46)45-21-17-20-29(45)36(54-12)26(7)37(48)41-27(8)35(47)28-18-15-14-16-19-28/h14-16,18-19,23-27,29-30,32-36,47H,13,17,20-22H2,1-12H3,(H,41,48)(H,42,49)(H,51,52)/t25-,26-,27-,29+,30-,32+,33+,34+,35-,36-/m1/s1. The van der Waals surface area contributed by atoms with Crippen LogP contribution in [-0.2, 0) is 28.7 Å². The number of aliphatic hydroxyl groups is 1. The first-order valence-corrected chi connectivity index (χ1v) is 19.2. The highest BCUT2D eigenvalue weighted by Crippen LogP contribution is 2.30. The number of carboxylic acid groups (broad SMARTS) is 1. The van der Waals surface area contributed by atoms with Crippen molar-refractivity contribution >= 4 is 29.7 Å². The van der Waals surface area contributed by atoms with Crippen molar-refractivity contribution in [2.75, 3.05) is 34.9 Å². The lowest BCUT2D eigenvalue weighted by Gasteiger charge is -2.41. The molecule has 0 unspecified atom stereocenters. The summed E-state index contributed by atoms with van der Waals surface area (Å²) < 4.78 is 11.9. The highest BCUT2D eigenvalue weighted by Gasteiger charge is 2.43. The van der Waals surface area contributed by atoms with Gasteiger partial charge in [0.2, 0.25) is 23.6 Å². The summed E-state index contributed by atoms with van der Waals surface area (Å²) in [6.45, 7) is 15.1. The van der Waals surface area contributed by atoms with Crippen LogP contribution in [-0.4, -0.2) is 132 Å². The topological polar surface area (TPSA) is 178 Å². The number of hydrogen-bond donors (Lipinski definition) is 4. The second-order valence-electron chi connectivity index (χ2n) is 15.6. The summed E-state index contributed by atoms with van der Waals surface area (Å²) in [5.74, 6) is -2.82. The van der Waals surface area contributed by atoms with E-state index in [0.717, 1.165) is 11.3 Å². The van der Waals surface area contributed by atoms with E-state index in [1.807, 2.05) is 45.9 Å². The SMILES string of the molecule is CC[C@@H](C)[C@@H]([C@@H](CC(=O)N1CCC[C@H]1[C@H](OC)[C@@H](C)C(=O)N[C@H](C)[C@@H](O)c1ccccc1)OC)N(C)C(=O)[C@@H](NC(=O)[C@H](C(C)C)N(C)C(=O)O)C(C)C. The molecule has 1 heterocycles. The zero-order chi connectivity index (χ0) is 41.0. The van der Waals surface area contributed by atoms with Crippen LogP contribution in [0.1, 0.15) is 92.7 Å². The Bertz CT molecular complexity index is 1380. The van der Waals surface area contributed by atoms with E-state index in [9.17, 15) is 34.2 Å². The Hall–Kier alpha value is -3.75. The molecule has 0 saturated carbocycles. The minimum atomic E-state index is -1.25. The molecule has 4 N–H and O–H groups in total. The maximum absolute atomic E-state index is 14.2. The first kappa shape index (κ1) is 46.4. The van der Waals surface area contributed by atoms with Gasteiger partial charge in [-0.15, -0.1) is 0 Å². The Balaban J connectivity index is 2.27. The van der Waals surface area contributed by atoms with Crippen LogP contribution in [0.15, 0.2) is 30.3 Å². The van der Waals surface area contributed by atoms with Gasteiger partial charge in [0, 0.05) is 34.9 Å². The Kier molecular flexibility index (Phi) is 18.4. The average Bonchev–Trinajstić information content (AvgIpc) is 3.62. The number of amides is 5. The summed E-state index contributed by atoms with van der Waals surface area (Å²) in [6.07, 6.45) is -1.45. The van der Waals surface area contributed by atoms with Gasteiger partial charge in [0.1, 0.15) is 12.1 Å². The molecule has 0 spiro atoms. The van der Waals surface area contributed by atoms with Crippen molar-refractivity contribution in [3.8, 4) is 0 Å². The van der Waals surface area contributed by atoms with Gasteiger partial charge in [-0.1, -0.05) is 85.2 Å². The number of ether oxygens (including phenoxy) is 2. The Morgan fingerprint density at radius 3 is 2.00 bits per heavy atom. The van der Waals surface area contributed by atoms with E-state index in [1.54, 1.807) is 56.7 Å². The number of nitrogens with zero attached hydrogens (tertiary/aromatic N) is 3. The molecule has 14 nitrogen and oxygen atoms in total. The zero-order valence-electron chi connectivity index (χ0n) is 34.4. The van der Waals surface area contributed by atoms with Gasteiger partial charge in [-0.2, -0.15) is 0 Å². The molecule has 0 radical (unpaired) electrons. The molecule has 54 heavy (non-hydrogen) atoms. The van der Waals surface area contributed by atoms with Crippen LogP contribution in [0.5, 0.6) is 0 Å². The summed E-state index contributed by atoms with van der Waals surface area (Å²) in [5.41, 5.74) is 0.692. The molecule has 1 saturated heterocycles. The summed E-state index contributed by atoms with van der Waals surface area (Å²) in [6, 6.07) is 5.67. The molecule has 10 atom stereocenters. The van der Waals surface area contributed by atoms with Gasteiger partial charge in [0.05, 0.1) is 48.8 Å². The van der Waals surface area contributed by atoms with E-state index in [-0.39, 0.29) is 47.9 Å². The Morgan fingerprint density at radius 2 is 1.50 bits per heavy atom. The predicted octanol–water partition coefficient (Wildman–Crippen LogP) is 3.92. The molecule has 14 heteroatoms. The van der Waals surface area contributed by atoms with E-state index in [1.165, 1.54) is 21.3 Å². The molecule has 0 bridgehead atoms. The van der Waals surface area contributed by atoms with Crippen LogP contribution < -0.4 is 10.6 Å². The van der Waals surface area contributed by atoms with Gasteiger partial charge in [0.25, 0.3) is 0 Å². The number of rotatable bonds is 20. The number of carbonyl (C=O) groups is 5. The summed E-state index contributed by atoms with van der Waals surface area (Å²) >= 11 is 0. The van der Waals surface area contributed by atoms with Crippen LogP contribution in [0.2, 0.25) is 0 Å². The van der Waals surface area contributed by atoms with Crippen LogP contribution in [0.25, 0.3) is 0 Å².